The highest BCUT2D eigenvalue weighted by Gasteiger charge is 2.19. The second kappa shape index (κ2) is 11.9. The Morgan fingerprint density at radius 3 is 2.27 bits per heavy atom. The van der Waals surface area contributed by atoms with E-state index < -0.39 is 10.0 Å². The Bertz CT molecular complexity index is 1710. The highest BCUT2D eigenvalue weighted by molar-refractivity contribution is 7.92. The van der Waals surface area contributed by atoms with Crippen molar-refractivity contribution < 1.29 is 13.2 Å². The van der Waals surface area contributed by atoms with E-state index in [0.717, 1.165) is 39.3 Å². The van der Waals surface area contributed by atoms with Gasteiger partial charge in [-0.1, -0.05) is 41.4 Å². The summed E-state index contributed by atoms with van der Waals surface area (Å²) in [5.74, 6) is -0.383. The second-order valence-electron chi connectivity index (χ2n) is 9.69. The molecule has 1 heterocycles. The van der Waals surface area contributed by atoms with E-state index in [1.54, 1.807) is 48.7 Å². The van der Waals surface area contributed by atoms with Gasteiger partial charge in [0, 0.05) is 27.5 Å². The maximum Gasteiger partial charge on any atom is 0.271 e. The maximum atomic E-state index is 12.7. The summed E-state index contributed by atoms with van der Waals surface area (Å²) in [4.78, 5) is 12.7. The normalized spacial score (nSPS) is 11.7. The molecule has 1 amide bonds. The zero-order valence-electron chi connectivity index (χ0n) is 22.9. The Labute approximate surface area is 245 Å². The SMILES string of the molecule is Cc1ccc(N(Cc2ccc(C(=O)N/N=C\c3cc(C)n(-c4ccc(Cl)cc4Cl)c3C)cc2)S(C)(=O)=O)cc1C. The van der Waals surface area contributed by atoms with Crippen LogP contribution in [-0.4, -0.2) is 31.4 Å². The van der Waals surface area contributed by atoms with E-state index in [2.05, 4.69) is 10.5 Å². The zero-order chi connectivity index (χ0) is 29.2. The Kier molecular flexibility index (Phi) is 8.73. The molecule has 4 rings (SSSR count). The Morgan fingerprint density at radius 1 is 0.950 bits per heavy atom. The molecule has 1 aromatic heterocycles. The number of hydrogen-bond acceptors (Lipinski definition) is 4. The third-order valence-electron chi connectivity index (χ3n) is 6.71. The Balaban J connectivity index is 1.45. The van der Waals surface area contributed by atoms with Gasteiger partial charge in [-0.15, -0.1) is 0 Å². The van der Waals surface area contributed by atoms with Crippen LogP contribution < -0.4 is 9.73 Å². The topological polar surface area (TPSA) is 83.8 Å². The molecular formula is C30H30Cl2N4O3S. The third-order valence-corrected chi connectivity index (χ3v) is 8.39. The summed E-state index contributed by atoms with van der Waals surface area (Å²) in [6.45, 7) is 7.97. The molecule has 40 heavy (non-hydrogen) atoms. The number of anilines is 1. The van der Waals surface area contributed by atoms with Gasteiger partial charge in [0.1, 0.15) is 0 Å². The number of hydrogen-bond donors (Lipinski definition) is 1. The van der Waals surface area contributed by atoms with Crippen molar-refractivity contribution in [2.45, 2.75) is 34.2 Å². The zero-order valence-corrected chi connectivity index (χ0v) is 25.2. The number of nitrogens with zero attached hydrogens (tertiary/aromatic N) is 3. The fourth-order valence-electron chi connectivity index (χ4n) is 4.38. The standard InChI is InChI=1S/C30H30Cl2N4O3S/c1-19-6-12-27(14-20(19)2)35(40(5,38)39)18-23-7-9-24(10-8-23)30(37)34-33-17-25-15-21(3)36(22(25)4)29-13-11-26(31)16-28(29)32/h6-17H,18H2,1-5H3,(H,34,37)/b33-17-. The van der Waals surface area contributed by atoms with Crippen molar-refractivity contribution in [3.8, 4) is 5.69 Å². The lowest BCUT2D eigenvalue weighted by Gasteiger charge is -2.23. The minimum Gasteiger partial charge on any atom is -0.316 e. The molecule has 0 saturated heterocycles. The fraction of sp³-hybridized carbons (Fsp3) is 0.200. The van der Waals surface area contributed by atoms with Crippen LogP contribution in [0, 0.1) is 27.7 Å². The van der Waals surface area contributed by atoms with Gasteiger partial charge in [0.15, 0.2) is 0 Å². The smallest absolute Gasteiger partial charge is 0.271 e. The molecule has 4 aromatic rings. The van der Waals surface area contributed by atoms with Gasteiger partial charge in [-0.05, 0) is 92.9 Å². The molecule has 0 aliphatic heterocycles. The summed E-state index contributed by atoms with van der Waals surface area (Å²) in [5.41, 5.74) is 9.88. The molecule has 0 aliphatic rings. The number of nitrogens with one attached hydrogen (secondary N) is 1. The molecule has 0 fully saturated rings. The molecule has 0 saturated carbocycles. The number of carbonyl (C=O) groups excluding carboxylic acids is 1. The van der Waals surface area contributed by atoms with Crippen LogP contribution in [-0.2, 0) is 16.6 Å². The van der Waals surface area contributed by atoms with E-state index in [-0.39, 0.29) is 12.5 Å². The molecule has 208 valence electrons. The van der Waals surface area contributed by atoms with Crippen molar-refractivity contribution in [1.29, 1.82) is 0 Å². The van der Waals surface area contributed by atoms with Gasteiger partial charge < -0.3 is 4.57 Å². The Hall–Kier alpha value is -3.59. The van der Waals surface area contributed by atoms with Gasteiger partial charge in [0.25, 0.3) is 5.91 Å². The molecule has 7 nitrogen and oxygen atoms in total. The number of aromatic nitrogens is 1. The first-order chi connectivity index (χ1) is 18.8. The van der Waals surface area contributed by atoms with E-state index in [9.17, 15) is 13.2 Å². The maximum absolute atomic E-state index is 12.7. The first kappa shape index (κ1) is 29.4. The summed E-state index contributed by atoms with van der Waals surface area (Å²) in [5, 5.41) is 5.23. The summed E-state index contributed by atoms with van der Waals surface area (Å²) < 4.78 is 28.4. The number of aryl methyl sites for hydroxylation is 3. The predicted molar refractivity (Wildman–Crippen MR) is 164 cm³/mol. The third kappa shape index (κ3) is 6.58. The van der Waals surface area contributed by atoms with Crippen LogP contribution in [0.2, 0.25) is 10.0 Å². The molecular weight excluding hydrogens is 567 g/mol. The number of hydrazone groups is 1. The van der Waals surface area contributed by atoms with Crippen LogP contribution >= 0.6 is 23.2 Å². The first-order valence-corrected chi connectivity index (χ1v) is 15.1. The number of benzene rings is 3. The van der Waals surface area contributed by atoms with Crippen molar-refractivity contribution >= 4 is 51.0 Å². The largest absolute Gasteiger partial charge is 0.316 e. The van der Waals surface area contributed by atoms with E-state index in [1.165, 1.54) is 10.6 Å². The molecule has 3 aromatic carbocycles. The predicted octanol–water partition coefficient (Wildman–Crippen LogP) is 6.75. The molecule has 0 atom stereocenters. The van der Waals surface area contributed by atoms with Gasteiger partial charge in [-0.25, -0.2) is 13.8 Å². The van der Waals surface area contributed by atoms with Crippen LogP contribution in [0.5, 0.6) is 0 Å². The van der Waals surface area contributed by atoms with Crippen molar-refractivity contribution in [1.82, 2.24) is 9.99 Å². The molecule has 0 aliphatic carbocycles. The number of halogens is 2. The number of sulfonamides is 1. The van der Waals surface area contributed by atoms with E-state index in [0.29, 0.717) is 21.3 Å². The minimum absolute atomic E-state index is 0.147. The minimum atomic E-state index is -3.52. The summed E-state index contributed by atoms with van der Waals surface area (Å²) in [6, 6.07) is 19.6. The molecule has 0 spiro atoms. The number of rotatable bonds is 8. The molecule has 10 heteroatoms. The lowest BCUT2D eigenvalue weighted by molar-refractivity contribution is 0.0955. The van der Waals surface area contributed by atoms with Crippen LogP contribution in [0.1, 0.15) is 44.0 Å². The highest BCUT2D eigenvalue weighted by atomic mass is 35.5. The monoisotopic (exact) mass is 596 g/mol. The lowest BCUT2D eigenvalue weighted by Crippen LogP contribution is -2.29. The lowest BCUT2D eigenvalue weighted by atomic mass is 10.1. The van der Waals surface area contributed by atoms with Crippen LogP contribution in [0.15, 0.2) is 71.8 Å². The van der Waals surface area contributed by atoms with Crippen LogP contribution in [0.3, 0.4) is 0 Å². The molecule has 0 radical (unpaired) electrons. The molecule has 0 bridgehead atoms. The fourth-order valence-corrected chi connectivity index (χ4v) is 5.76. The van der Waals surface area contributed by atoms with Crippen LogP contribution in [0.25, 0.3) is 5.69 Å². The molecule has 0 unspecified atom stereocenters. The number of amides is 1. The van der Waals surface area contributed by atoms with E-state index in [4.69, 9.17) is 23.2 Å². The summed E-state index contributed by atoms with van der Waals surface area (Å²) in [7, 11) is -3.52. The first-order valence-electron chi connectivity index (χ1n) is 12.5. The van der Waals surface area contributed by atoms with Crippen molar-refractivity contribution in [3.63, 3.8) is 0 Å². The average Bonchev–Trinajstić information content (AvgIpc) is 3.16. The van der Waals surface area contributed by atoms with Gasteiger partial charge in [-0.2, -0.15) is 5.10 Å². The van der Waals surface area contributed by atoms with Gasteiger partial charge in [0.2, 0.25) is 10.0 Å². The average molecular weight is 598 g/mol. The second-order valence-corrected chi connectivity index (χ2v) is 12.4. The van der Waals surface area contributed by atoms with Crippen molar-refractivity contribution in [3.05, 3.63) is 116 Å². The van der Waals surface area contributed by atoms with Crippen LogP contribution in [0.4, 0.5) is 5.69 Å². The van der Waals surface area contributed by atoms with Gasteiger partial charge in [-0.3, -0.25) is 9.10 Å². The van der Waals surface area contributed by atoms with E-state index in [1.807, 2.05) is 56.5 Å². The van der Waals surface area contributed by atoms with E-state index >= 15 is 0 Å². The summed E-state index contributed by atoms with van der Waals surface area (Å²) >= 11 is 12.4. The van der Waals surface area contributed by atoms with Crippen molar-refractivity contribution in [2.75, 3.05) is 10.6 Å². The Morgan fingerprint density at radius 2 is 1.65 bits per heavy atom. The highest BCUT2D eigenvalue weighted by Crippen LogP contribution is 2.28. The van der Waals surface area contributed by atoms with Crippen molar-refractivity contribution in [2.24, 2.45) is 5.10 Å². The summed E-state index contributed by atoms with van der Waals surface area (Å²) in [6.07, 6.45) is 2.77. The number of carbonyl (C=O) groups is 1. The van der Waals surface area contributed by atoms with Gasteiger partial charge >= 0.3 is 0 Å². The molecule has 1 N–H and O–H groups in total. The quantitative estimate of drug-likeness (QED) is 0.180. The van der Waals surface area contributed by atoms with Gasteiger partial charge in [0.05, 0.1) is 35.4 Å².